The van der Waals surface area contributed by atoms with Crippen LogP contribution in [0.1, 0.15) is 19.4 Å². The number of nitrogens with one attached hydrogen (secondary N) is 1. The van der Waals surface area contributed by atoms with E-state index >= 15 is 0 Å². The Morgan fingerprint density at radius 1 is 1.44 bits per heavy atom. The Kier molecular flexibility index (Phi) is 5.22. The van der Waals surface area contributed by atoms with E-state index in [2.05, 4.69) is 5.32 Å². The summed E-state index contributed by atoms with van der Waals surface area (Å²) in [5.74, 6) is -0.898. The lowest BCUT2D eigenvalue weighted by Crippen LogP contribution is -2.20. The molecule has 0 radical (unpaired) electrons. The molecule has 1 rings (SSSR count). The number of aromatic hydroxyl groups is 1. The third kappa shape index (κ3) is 4.59. The van der Waals surface area contributed by atoms with Crippen LogP contribution in [0.3, 0.4) is 0 Å². The average molecular weight is 227 g/mol. The van der Waals surface area contributed by atoms with E-state index in [4.69, 9.17) is 9.84 Å². The van der Waals surface area contributed by atoms with Crippen LogP contribution in [0.15, 0.2) is 18.2 Å². The minimum Gasteiger partial charge on any atom is -0.505 e. The van der Waals surface area contributed by atoms with Crippen LogP contribution in [-0.4, -0.2) is 24.4 Å². The zero-order chi connectivity index (χ0) is 12.0. The van der Waals surface area contributed by atoms with Crippen LogP contribution in [0, 0.1) is 5.82 Å². The van der Waals surface area contributed by atoms with E-state index in [1.54, 1.807) is 6.07 Å². The van der Waals surface area contributed by atoms with Gasteiger partial charge in [-0.15, -0.1) is 0 Å². The first-order valence-corrected chi connectivity index (χ1v) is 5.39. The molecule has 0 fully saturated rings. The molecule has 0 aliphatic heterocycles. The van der Waals surface area contributed by atoms with Gasteiger partial charge < -0.3 is 15.2 Å². The Bertz CT molecular complexity index is 329. The van der Waals surface area contributed by atoms with Gasteiger partial charge in [-0.25, -0.2) is 4.39 Å². The summed E-state index contributed by atoms with van der Waals surface area (Å²) in [6.07, 6.45) is 0.230. The lowest BCUT2D eigenvalue weighted by atomic mass is 10.2. The summed E-state index contributed by atoms with van der Waals surface area (Å²) in [5.41, 5.74) is 0.805. The van der Waals surface area contributed by atoms with Gasteiger partial charge in [0.1, 0.15) is 0 Å². The molecule has 0 heterocycles. The smallest absolute Gasteiger partial charge is 0.165 e. The predicted molar refractivity (Wildman–Crippen MR) is 60.9 cm³/mol. The average Bonchev–Trinajstić information content (AvgIpc) is 2.22. The first kappa shape index (κ1) is 12.9. The minimum atomic E-state index is -0.585. The lowest BCUT2D eigenvalue weighted by molar-refractivity contribution is 0.0807. The van der Waals surface area contributed by atoms with E-state index < -0.39 is 5.82 Å². The molecule has 0 unspecified atom stereocenters. The Balaban J connectivity index is 2.24. The second kappa shape index (κ2) is 6.45. The molecule has 90 valence electrons. The predicted octanol–water partition coefficient (Wildman–Crippen LogP) is 2.05. The summed E-state index contributed by atoms with van der Waals surface area (Å²) in [6.45, 7) is 5.89. The number of phenolic OH excluding ortho intramolecular Hbond substituents is 1. The summed E-state index contributed by atoms with van der Waals surface area (Å²) in [4.78, 5) is 0. The van der Waals surface area contributed by atoms with Gasteiger partial charge in [0.25, 0.3) is 0 Å². The summed E-state index contributed by atoms with van der Waals surface area (Å²) < 4.78 is 18.3. The molecule has 0 amide bonds. The summed E-state index contributed by atoms with van der Waals surface area (Å²) in [7, 11) is 0. The number of hydrogen-bond donors (Lipinski definition) is 2. The standard InChI is InChI=1S/C12H18FNO2/c1-9(2)16-6-5-14-8-10-3-4-12(15)11(13)7-10/h3-4,7,9,14-15H,5-6,8H2,1-2H3. The molecule has 2 N–H and O–H groups in total. The molecular formula is C12H18FNO2. The highest BCUT2D eigenvalue weighted by molar-refractivity contribution is 5.27. The molecule has 0 saturated heterocycles. The number of rotatable bonds is 6. The van der Waals surface area contributed by atoms with Crippen molar-refractivity contribution in [2.24, 2.45) is 0 Å². The number of benzene rings is 1. The molecule has 4 heteroatoms. The van der Waals surface area contributed by atoms with E-state index in [1.807, 2.05) is 13.8 Å². The molecule has 16 heavy (non-hydrogen) atoms. The van der Waals surface area contributed by atoms with Crippen molar-refractivity contribution in [1.82, 2.24) is 5.32 Å². The summed E-state index contributed by atoms with van der Waals surface area (Å²) >= 11 is 0. The molecule has 0 spiro atoms. The monoisotopic (exact) mass is 227 g/mol. The van der Waals surface area contributed by atoms with Gasteiger partial charge in [0.05, 0.1) is 12.7 Å². The van der Waals surface area contributed by atoms with Gasteiger partial charge in [0.15, 0.2) is 11.6 Å². The van der Waals surface area contributed by atoms with Crippen molar-refractivity contribution in [2.75, 3.05) is 13.2 Å². The van der Waals surface area contributed by atoms with E-state index in [0.29, 0.717) is 13.2 Å². The van der Waals surface area contributed by atoms with Gasteiger partial charge in [-0.05, 0) is 31.5 Å². The zero-order valence-electron chi connectivity index (χ0n) is 9.66. The van der Waals surface area contributed by atoms with Gasteiger partial charge in [-0.3, -0.25) is 0 Å². The quantitative estimate of drug-likeness (QED) is 0.731. The fourth-order valence-corrected chi connectivity index (χ4v) is 1.26. The van der Waals surface area contributed by atoms with Gasteiger partial charge in [-0.1, -0.05) is 6.07 Å². The van der Waals surface area contributed by atoms with Crippen molar-refractivity contribution in [3.8, 4) is 5.75 Å². The van der Waals surface area contributed by atoms with E-state index in [9.17, 15) is 4.39 Å². The zero-order valence-corrected chi connectivity index (χ0v) is 9.66. The van der Waals surface area contributed by atoms with Crippen molar-refractivity contribution in [2.45, 2.75) is 26.5 Å². The lowest BCUT2D eigenvalue weighted by Gasteiger charge is -2.08. The normalized spacial score (nSPS) is 11.0. The SMILES string of the molecule is CC(C)OCCNCc1ccc(O)c(F)c1. The molecular weight excluding hydrogens is 209 g/mol. The third-order valence-electron chi connectivity index (χ3n) is 2.07. The Labute approximate surface area is 95.2 Å². The Morgan fingerprint density at radius 2 is 2.19 bits per heavy atom. The topological polar surface area (TPSA) is 41.5 Å². The van der Waals surface area contributed by atoms with Crippen LogP contribution in [-0.2, 0) is 11.3 Å². The fourth-order valence-electron chi connectivity index (χ4n) is 1.26. The van der Waals surface area contributed by atoms with Gasteiger partial charge in [-0.2, -0.15) is 0 Å². The maximum Gasteiger partial charge on any atom is 0.165 e. The molecule has 1 aromatic rings. The van der Waals surface area contributed by atoms with E-state index in [0.717, 1.165) is 12.1 Å². The van der Waals surface area contributed by atoms with Crippen LogP contribution < -0.4 is 5.32 Å². The van der Waals surface area contributed by atoms with Gasteiger partial charge in [0.2, 0.25) is 0 Å². The van der Waals surface area contributed by atoms with Crippen molar-refractivity contribution >= 4 is 0 Å². The van der Waals surface area contributed by atoms with Gasteiger partial charge >= 0.3 is 0 Å². The third-order valence-corrected chi connectivity index (χ3v) is 2.07. The van der Waals surface area contributed by atoms with E-state index in [1.165, 1.54) is 12.1 Å². The number of hydrogen-bond acceptors (Lipinski definition) is 3. The molecule has 0 bridgehead atoms. The first-order chi connectivity index (χ1) is 7.59. The van der Waals surface area contributed by atoms with Gasteiger partial charge in [0, 0.05) is 13.1 Å². The van der Waals surface area contributed by atoms with Crippen molar-refractivity contribution in [3.63, 3.8) is 0 Å². The maximum atomic E-state index is 13.0. The highest BCUT2D eigenvalue weighted by Gasteiger charge is 2.01. The fraction of sp³-hybridized carbons (Fsp3) is 0.500. The molecule has 3 nitrogen and oxygen atoms in total. The first-order valence-electron chi connectivity index (χ1n) is 5.39. The van der Waals surface area contributed by atoms with Crippen LogP contribution in [0.4, 0.5) is 4.39 Å². The molecule has 0 aromatic heterocycles. The second-order valence-electron chi connectivity index (χ2n) is 3.88. The van der Waals surface area contributed by atoms with E-state index in [-0.39, 0.29) is 11.9 Å². The highest BCUT2D eigenvalue weighted by Crippen LogP contribution is 2.15. The highest BCUT2D eigenvalue weighted by atomic mass is 19.1. The van der Waals surface area contributed by atoms with Crippen LogP contribution in [0.5, 0.6) is 5.75 Å². The molecule has 0 saturated carbocycles. The van der Waals surface area contributed by atoms with Crippen LogP contribution >= 0.6 is 0 Å². The Morgan fingerprint density at radius 3 is 2.81 bits per heavy atom. The molecule has 0 aliphatic rings. The largest absolute Gasteiger partial charge is 0.505 e. The number of halogens is 1. The van der Waals surface area contributed by atoms with Crippen LogP contribution in [0.25, 0.3) is 0 Å². The van der Waals surface area contributed by atoms with Crippen LogP contribution in [0.2, 0.25) is 0 Å². The number of ether oxygens (including phenoxy) is 1. The molecule has 1 aromatic carbocycles. The summed E-state index contributed by atoms with van der Waals surface area (Å²) in [5, 5.41) is 12.1. The molecule has 0 aliphatic carbocycles. The van der Waals surface area contributed by atoms with Crippen molar-refractivity contribution in [3.05, 3.63) is 29.6 Å². The maximum absolute atomic E-state index is 13.0. The Hall–Kier alpha value is -1.13. The minimum absolute atomic E-state index is 0.230. The molecule has 0 atom stereocenters. The summed E-state index contributed by atoms with van der Waals surface area (Å²) in [6, 6.07) is 4.37. The van der Waals surface area contributed by atoms with Crippen molar-refractivity contribution in [1.29, 1.82) is 0 Å². The second-order valence-corrected chi connectivity index (χ2v) is 3.88. The number of phenols is 1. The van der Waals surface area contributed by atoms with Crippen molar-refractivity contribution < 1.29 is 14.2 Å².